The molecule has 2 heterocycles. The van der Waals surface area contributed by atoms with Crippen molar-refractivity contribution in [1.82, 2.24) is 19.6 Å². The van der Waals surface area contributed by atoms with E-state index < -0.39 is 0 Å². The molecule has 0 bridgehead atoms. The molecule has 0 saturated heterocycles. The van der Waals surface area contributed by atoms with Crippen LogP contribution in [0.3, 0.4) is 0 Å². The third-order valence-corrected chi connectivity index (χ3v) is 4.66. The molecule has 0 radical (unpaired) electrons. The standard InChI is InChI=1S/C18H17N5OS/c1-24-13-8-6-11(7-9-13)16-21-17-14-5-3-4-12(10-25-2)15(14)20-18(19)23(17)22-16/h3-9H,10H2,1-2H3,(H2,19,20). The molecule has 0 aliphatic carbocycles. The molecule has 25 heavy (non-hydrogen) atoms. The Kier molecular flexibility index (Phi) is 3.93. The molecule has 2 aromatic carbocycles. The van der Waals surface area contributed by atoms with E-state index in [9.17, 15) is 0 Å². The predicted octanol–water partition coefficient (Wildman–Crippen LogP) is 3.40. The minimum Gasteiger partial charge on any atom is -0.497 e. The van der Waals surface area contributed by atoms with Gasteiger partial charge in [-0.15, -0.1) is 5.10 Å². The zero-order valence-electron chi connectivity index (χ0n) is 13.9. The van der Waals surface area contributed by atoms with Gasteiger partial charge >= 0.3 is 0 Å². The summed E-state index contributed by atoms with van der Waals surface area (Å²) < 4.78 is 6.80. The van der Waals surface area contributed by atoms with Crippen LogP contribution in [0.2, 0.25) is 0 Å². The van der Waals surface area contributed by atoms with Crippen molar-refractivity contribution in [3.63, 3.8) is 0 Å². The molecule has 2 N–H and O–H groups in total. The highest BCUT2D eigenvalue weighted by Crippen LogP contribution is 2.27. The molecule has 0 aliphatic heterocycles. The summed E-state index contributed by atoms with van der Waals surface area (Å²) in [6, 6.07) is 13.7. The zero-order chi connectivity index (χ0) is 17.4. The smallest absolute Gasteiger partial charge is 0.223 e. The predicted molar refractivity (Wildman–Crippen MR) is 102 cm³/mol. The maximum Gasteiger partial charge on any atom is 0.223 e. The fourth-order valence-corrected chi connectivity index (χ4v) is 3.39. The van der Waals surface area contributed by atoms with Crippen LogP contribution in [0, 0.1) is 0 Å². The second-order valence-corrected chi connectivity index (χ2v) is 6.48. The molecule has 0 fully saturated rings. The SMILES string of the molecule is COc1ccc(-c2nc3c4cccc(CSC)c4nc(N)n3n2)cc1. The number of methoxy groups -OCH3 is 1. The molecule has 0 unspecified atom stereocenters. The quantitative estimate of drug-likeness (QED) is 0.607. The molecule has 2 aromatic heterocycles. The number of anilines is 1. The van der Waals surface area contributed by atoms with Gasteiger partial charge in [0.2, 0.25) is 5.95 Å². The van der Waals surface area contributed by atoms with Crippen molar-refractivity contribution in [2.45, 2.75) is 5.75 Å². The number of nitrogens with two attached hydrogens (primary N) is 1. The normalized spacial score (nSPS) is 11.3. The molecule has 0 atom stereocenters. The van der Waals surface area contributed by atoms with E-state index in [0.29, 0.717) is 11.8 Å². The van der Waals surface area contributed by atoms with E-state index in [1.165, 1.54) is 0 Å². The first-order valence-electron chi connectivity index (χ1n) is 7.78. The van der Waals surface area contributed by atoms with Crippen LogP contribution in [0.25, 0.3) is 27.9 Å². The summed E-state index contributed by atoms with van der Waals surface area (Å²) in [6.07, 6.45) is 2.07. The molecule has 0 saturated carbocycles. The lowest BCUT2D eigenvalue weighted by Crippen LogP contribution is -2.03. The van der Waals surface area contributed by atoms with Crippen molar-refractivity contribution in [3.8, 4) is 17.1 Å². The number of hydrogen-bond donors (Lipinski definition) is 1. The van der Waals surface area contributed by atoms with Crippen LogP contribution in [0.15, 0.2) is 42.5 Å². The largest absolute Gasteiger partial charge is 0.497 e. The van der Waals surface area contributed by atoms with Crippen LogP contribution < -0.4 is 10.5 Å². The Bertz CT molecular complexity index is 1060. The maximum absolute atomic E-state index is 6.15. The Hall–Kier alpha value is -2.80. The number of para-hydroxylation sites is 1. The molecule has 4 aromatic rings. The van der Waals surface area contributed by atoms with Crippen LogP contribution in [0.1, 0.15) is 5.56 Å². The fraction of sp³-hybridized carbons (Fsp3) is 0.167. The highest BCUT2D eigenvalue weighted by Gasteiger charge is 2.14. The Morgan fingerprint density at radius 3 is 2.64 bits per heavy atom. The summed E-state index contributed by atoms with van der Waals surface area (Å²) in [4.78, 5) is 9.27. The number of ether oxygens (including phenoxy) is 1. The van der Waals surface area contributed by atoms with E-state index in [4.69, 9.17) is 15.5 Å². The summed E-state index contributed by atoms with van der Waals surface area (Å²) in [6.45, 7) is 0. The van der Waals surface area contributed by atoms with Gasteiger partial charge in [0.05, 0.1) is 12.6 Å². The highest BCUT2D eigenvalue weighted by molar-refractivity contribution is 7.97. The van der Waals surface area contributed by atoms with Gasteiger partial charge in [0, 0.05) is 16.7 Å². The lowest BCUT2D eigenvalue weighted by atomic mass is 10.1. The van der Waals surface area contributed by atoms with E-state index in [-0.39, 0.29) is 0 Å². The number of thioether (sulfide) groups is 1. The van der Waals surface area contributed by atoms with E-state index in [1.54, 1.807) is 23.4 Å². The number of aromatic nitrogens is 4. The number of benzene rings is 2. The third kappa shape index (κ3) is 2.66. The monoisotopic (exact) mass is 351 g/mol. The van der Waals surface area contributed by atoms with Gasteiger partial charge in [0.1, 0.15) is 5.75 Å². The molecule has 7 heteroatoms. The van der Waals surface area contributed by atoms with Crippen LogP contribution in [0.4, 0.5) is 5.95 Å². The van der Waals surface area contributed by atoms with Crippen molar-refractivity contribution in [2.24, 2.45) is 0 Å². The van der Waals surface area contributed by atoms with Gasteiger partial charge < -0.3 is 10.5 Å². The summed E-state index contributed by atoms with van der Waals surface area (Å²) in [5, 5.41) is 5.49. The highest BCUT2D eigenvalue weighted by atomic mass is 32.2. The van der Waals surface area contributed by atoms with Crippen molar-refractivity contribution < 1.29 is 4.74 Å². The first-order chi connectivity index (χ1) is 12.2. The van der Waals surface area contributed by atoms with Gasteiger partial charge in [-0.1, -0.05) is 12.1 Å². The topological polar surface area (TPSA) is 78.3 Å². The molecule has 0 amide bonds. The van der Waals surface area contributed by atoms with Gasteiger partial charge in [-0.2, -0.15) is 16.3 Å². The summed E-state index contributed by atoms with van der Waals surface area (Å²) in [7, 11) is 1.64. The second-order valence-electron chi connectivity index (χ2n) is 5.62. The van der Waals surface area contributed by atoms with Gasteiger partial charge in [-0.25, -0.2) is 9.97 Å². The average molecular weight is 351 g/mol. The third-order valence-electron chi connectivity index (χ3n) is 4.06. The molecule has 6 nitrogen and oxygen atoms in total. The number of nitrogens with zero attached hydrogens (tertiary/aromatic N) is 4. The summed E-state index contributed by atoms with van der Waals surface area (Å²) in [5.41, 5.74) is 9.80. The van der Waals surface area contributed by atoms with E-state index in [1.807, 2.05) is 36.4 Å². The molecule has 4 rings (SSSR count). The second kappa shape index (κ2) is 6.25. The van der Waals surface area contributed by atoms with Crippen molar-refractivity contribution >= 4 is 34.3 Å². The van der Waals surface area contributed by atoms with E-state index in [0.717, 1.165) is 39.2 Å². The maximum atomic E-state index is 6.15. The molecule has 0 aliphatic rings. The van der Waals surface area contributed by atoms with E-state index in [2.05, 4.69) is 22.4 Å². The van der Waals surface area contributed by atoms with Crippen LogP contribution >= 0.6 is 11.8 Å². The first-order valence-corrected chi connectivity index (χ1v) is 9.18. The van der Waals surface area contributed by atoms with Crippen molar-refractivity contribution in [1.29, 1.82) is 0 Å². The van der Waals surface area contributed by atoms with Gasteiger partial charge in [0.15, 0.2) is 11.5 Å². The van der Waals surface area contributed by atoms with Crippen LogP contribution in [0.5, 0.6) is 5.75 Å². The zero-order valence-corrected chi connectivity index (χ0v) is 14.7. The van der Waals surface area contributed by atoms with Gasteiger partial charge in [0.25, 0.3) is 0 Å². The minimum atomic E-state index is 0.336. The summed E-state index contributed by atoms with van der Waals surface area (Å²) >= 11 is 1.75. The van der Waals surface area contributed by atoms with Crippen LogP contribution in [-0.2, 0) is 5.75 Å². The number of nitrogen functional groups attached to an aromatic ring is 1. The van der Waals surface area contributed by atoms with Gasteiger partial charge in [-0.05, 0) is 42.2 Å². The number of rotatable bonds is 4. The molecule has 0 spiro atoms. The van der Waals surface area contributed by atoms with Crippen molar-refractivity contribution in [3.05, 3.63) is 48.0 Å². The summed E-state index contributed by atoms with van der Waals surface area (Å²) in [5.74, 6) is 2.61. The minimum absolute atomic E-state index is 0.336. The number of hydrogen-bond acceptors (Lipinski definition) is 6. The lowest BCUT2D eigenvalue weighted by Gasteiger charge is -2.06. The van der Waals surface area contributed by atoms with Crippen molar-refractivity contribution in [2.75, 3.05) is 19.1 Å². The Balaban J connectivity index is 1.93. The number of fused-ring (bicyclic) bond motifs is 3. The Labute approximate surface area is 149 Å². The fourth-order valence-electron chi connectivity index (χ4n) is 2.85. The lowest BCUT2D eigenvalue weighted by molar-refractivity contribution is 0.415. The first kappa shape index (κ1) is 15.7. The van der Waals surface area contributed by atoms with Crippen LogP contribution in [-0.4, -0.2) is 32.9 Å². The molecular formula is C18H17N5OS. The molecular weight excluding hydrogens is 334 g/mol. The average Bonchev–Trinajstić information content (AvgIpc) is 3.09. The molecule has 126 valence electrons. The Morgan fingerprint density at radius 1 is 1.12 bits per heavy atom. The van der Waals surface area contributed by atoms with E-state index >= 15 is 0 Å². The van der Waals surface area contributed by atoms with Gasteiger partial charge in [-0.3, -0.25) is 0 Å². The Morgan fingerprint density at radius 2 is 1.92 bits per heavy atom.